The molecule has 0 saturated carbocycles. The van der Waals surface area contributed by atoms with Crippen molar-refractivity contribution in [2.75, 3.05) is 32.2 Å². The zero-order valence-electron chi connectivity index (χ0n) is 12.5. The maximum absolute atomic E-state index is 5.67. The Labute approximate surface area is 122 Å². The largest absolute Gasteiger partial charge is 0.500 e. The number of hydrogen-bond acceptors (Lipinski definition) is 5. The van der Waals surface area contributed by atoms with Crippen LogP contribution in [0, 0.1) is 0 Å². The summed E-state index contributed by atoms with van der Waals surface area (Å²) in [5, 5.41) is 0. The molecule has 4 nitrogen and oxygen atoms in total. The predicted molar refractivity (Wildman–Crippen MR) is 85.5 cm³/mol. The molecule has 0 spiro atoms. The van der Waals surface area contributed by atoms with Crippen LogP contribution in [0.25, 0.3) is 0 Å². The van der Waals surface area contributed by atoms with Gasteiger partial charge in [-0.3, -0.25) is 0 Å². The fourth-order valence-corrected chi connectivity index (χ4v) is 4.36. The molecule has 0 saturated heterocycles. The Morgan fingerprint density at radius 3 is 1.50 bits per heavy atom. The maximum atomic E-state index is 5.67. The van der Waals surface area contributed by atoms with E-state index in [1.165, 1.54) is 0 Å². The molecule has 0 aliphatic rings. The molecular formula is C11H30O4SSi2. The zero-order chi connectivity index (χ0) is 14.3. The Morgan fingerprint density at radius 1 is 0.889 bits per heavy atom. The van der Waals surface area contributed by atoms with Gasteiger partial charge in [-0.15, -0.1) is 0 Å². The second kappa shape index (κ2) is 15.7. The van der Waals surface area contributed by atoms with E-state index in [0.717, 1.165) is 35.3 Å². The van der Waals surface area contributed by atoms with Gasteiger partial charge in [-0.1, -0.05) is 0 Å². The molecule has 0 aliphatic heterocycles. The summed E-state index contributed by atoms with van der Waals surface area (Å²) in [5.74, 6) is 0.849. The Balaban J connectivity index is 0. The molecule has 0 unspecified atom stereocenters. The first kappa shape index (κ1) is 20.9. The monoisotopic (exact) mass is 314 g/mol. The Hall–Kier alpha value is 0.624. The normalized spacial score (nSPS) is 11.2. The maximum Gasteiger partial charge on any atom is 0.500 e. The lowest BCUT2D eigenvalue weighted by Gasteiger charge is -2.28. The van der Waals surface area contributed by atoms with Gasteiger partial charge in [0.25, 0.3) is 0 Å². The van der Waals surface area contributed by atoms with Crippen LogP contribution < -0.4 is 0 Å². The van der Waals surface area contributed by atoms with Crippen molar-refractivity contribution in [2.45, 2.75) is 40.2 Å². The van der Waals surface area contributed by atoms with Crippen molar-refractivity contribution in [1.29, 1.82) is 0 Å². The summed E-state index contributed by atoms with van der Waals surface area (Å²) in [5.41, 5.74) is 0. The van der Waals surface area contributed by atoms with E-state index in [0.29, 0.717) is 19.8 Å². The Kier molecular flexibility index (Phi) is 18.2. The molecule has 0 rings (SSSR count). The average Bonchev–Trinajstić information content (AvgIpc) is 2.38. The second-order valence-corrected chi connectivity index (χ2v) is 7.14. The molecule has 0 aromatic heterocycles. The SMILES string of the molecule is CCO[SiH3].CCO[Si](CCCS)(OCC)OCC. The summed E-state index contributed by atoms with van der Waals surface area (Å²) >= 11 is 4.19. The molecule has 0 aliphatic carbocycles. The molecule has 0 fully saturated rings. The van der Waals surface area contributed by atoms with E-state index in [4.69, 9.17) is 13.3 Å². The van der Waals surface area contributed by atoms with Gasteiger partial charge in [0.15, 0.2) is 0 Å². The quantitative estimate of drug-likeness (QED) is 0.491. The van der Waals surface area contributed by atoms with E-state index in [1.54, 1.807) is 0 Å². The molecule has 0 N–H and O–H groups in total. The highest BCUT2D eigenvalue weighted by atomic mass is 32.1. The van der Waals surface area contributed by atoms with Gasteiger partial charge in [0.05, 0.1) is 0 Å². The summed E-state index contributed by atoms with van der Waals surface area (Å²) in [6, 6.07) is 0.867. The van der Waals surface area contributed by atoms with Crippen LogP contribution in [-0.4, -0.2) is 51.5 Å². The molecule has 0 amide bonds. The molecule has 0 heterocycles. The van der Waals surface area contributed by atoms with E-state index in [-0.39, 0.29) is 0 Å². The molecule has 112 valence electrons. The van der Waals surface area contributed by atoms with Crippen molar-refractivity contribution in [3.05, 3.63) is 0 Å². The summed E-state index contributed by atoms with van der Waals surface area (Å²) in [4.78, 5) is 0. The molecule has 0 atom stereocenters. The van der Waals surface area contributed by atoms with Gasteiger partial charge in [0, 0.05) is 32.5 Å². The average molecular weight is 315 g/mol. The molecular weight excluding hydrogens is 284 g/mol. The fourth-order valence-electron chi connectivity index (χ4n) is 1.30. The first-order valence-electron chi connectivity index (χ1n) is 6.67. The van der Waals surface area contributed by atoms with Gasteiger partial charge in [0.1, 0.15) is 10.5 Å². The highest BCUT2D eigenvalue weighted by molar-refractivity contribution is 7.80. The van der Waals surface area contributed by atoms with Crippen molar-refractivity contribution >= 4 is 31.9 Å². The van der Waals surface area contributed by atoms with E-state index in [2.05, 4.69) is 17.1 Å². The van der Waals surface area contributed by atoms with Gasteiger partial charge < -0.3 is 17.7 Å². The standard InChI is InChI=1S/C9H22O3SSi.C2H8OSi/c1-4-10-14(11-5-2,12-6-3)9-7-8-13;1-2-3-4/h13H,4-9H2,1-3H3;2H2,1,4H3. The van der Waals surface area contributed by atoms with Crippen LogP contribution in [0.1, 0.15) is 34.1 Å². The molecule has 7 heteroatoms. The van der Waals surface area contributed by atoms with Crippen molar-refractivity contribution in [2.24, 2.45) is 0 Å². The van der Waals surface area contributed by atoms with E-state index in [1.807, 2.05) is 27.7 Å². The molecule has 0 aromatic carbocycles. The number of hydrogen-bond donors (Lipinski definition) is 1. The van der Waals surface area contributed by atoms with Crippen LogP contribution in [0.5, 0.6) is 0 Å². The molecule has 0 radical (unpaired) electrons. The molecule has 0 aromatic rings. The summed E-state index contributed by atoms with van der Waals surface area (Å²) < 4.78 is 21.7. The first-order chi connectivity index (χ1) is 8.66. The number of thiol groups is 1. The van der Waals surface area contributed by atoms with Crippen molar-refractivity contribution in [3.8, 4) is 0 Å². The van der Waals surface area contributed by atoms with Crippen LogP contribution in [0.15, 0.2) is 0 Å². The van der Waals surface area contributed by atoms with Crippen LogP contribution in [-0.2, 0) is 17.7 Å². The predicted octanol–water partition coefficient (Wildman–Crippen LogP) is 1.66. The van der Waals surface area contributed by atoms with Crippen LogP contribution in [0.2, 0.25) is 6.04 Å². The lowest BCUT2D eigenvalue weighted by atomic mass is 10.6. The zero-order valence-corrected chi connectivity index (χ0v) is 16.4. The van der Waals surface area contributed by atoms with Gasteiger partial charge in [-0.25, -0.2) is 0 Å². The first-order valence-corrected chi connectivity index (χ1v) is 10.1. The Bertz CT molecular complexity index is 145. The summed E-state index contributed by atoms with van der Waals surface area (Å²) in [6.07, 6.45) is 0.981. The summed E-state index contributed by atoms with van der Waals surface area (Å²) in [6.45, 7) is 10.7. The summed E-state index contributed by atoms with van der Waals surface area (Å²) in [7, 11) is -1.48. The van der Waals surface area contributed by atoms with Crippen molar-refractivity contribution in [3.63, 3.8) is 0 Å². The molecule has 0 bridgehead atoms. The van der Waals surface area contributed by atoms with E-state index < -0.39 is 8.80 Å². The third kappa shape index (κ3) is 11.7. The van der Waals surface area contributed by atoms with Crippen molar-refractivity contribution < 1.29 is 17.7 Å². The highest BCUT2D eigenvalue weighted by Crippen LogP contribution is 2.18. The third-order valence-corrected chi connectivity index (χ3v) is 6.07. The molecule has 18 heavy (non-hydrogen) atoms. The fraction of sp³-hybridized carbons (Fsp3) is 1.00. The minimum Gasteiger partial charge on any atom is -0.428 e. The van der Waals surface area contributed by atoms with Gasteiger partial charge in [0.2, 0.25) is 0 Å². The van der Waals surface area contributed by atoms with Crippen molar-refractivity contribution in [1.82, 2.24) is 0 Å². The smallest absolute Gasteiger partial charge is 0.428 e. The van der Waals surface area contributed by atoms with E-state index in [9.17, 15) is 0 Å². The highest BCUT2D eigenvalue weighted by Gasteiger charge is 2.39. The van der Waals surface area contributed by atoms with Crippen LogP contribution in [0.4, 0.5) is 0 Å². The Morgan fingerprint density at radius 2 is 1.28 bits per heavy atom. The van der Waals surface area contributed by atoms with Crippen LogP contribution >= 0.6 is 12.6 Å². The van der Waals surface area contributed by atoms with E-state index >= 15 is 0 Å². The number of rotatable bonds is 10. The third-order valence-electron chi connectivity index (χ3n) is 2.02. The van der Waals surface area contributed by atoms with Gasteiger partial charge >= 0.3 is 8.80 Å². The lowest BCUT2D eigenvalue weighted by Crippen LogP contribution is -2.46. The topological polar surface area (TPSA) is 36.9 Å². The van der Waals surface area contributed by atoms with Gasteiger partial charge in [-0.05, 0) is 39.9 Å². The lowest BCUT2D eigenvalue weighted by molar-refractivity contribution is 0.0712. The second-order valence-electron chi connectivity index (χ2n) is 3.39. The minimum atomic E-state index is -2.37. The van der Waals surface area contributed by atoms with Crippen LogP contribution in [0.3, 0.4) is 0 Å². The minimum absolute atomic E-state index is 0.652. The van der Waals surface area contributed by atoms with Gasteiger partial charge in [-0.2, -0.15) is 12.6 Å².